The molecule has 0 aliphatic rings. The van der Waals surface area contributed by atoms with E-state index in [1.54, 1.807) is 19.2 Å². The van der Waals surface area contributed by atoms with Crippen LogP contribution in [0.1, 0.15) is 15.9 Å². The molecule has 0 amide bonds. The summed E-state index contributed by atoms with van der Waals surface area (Å²) in [5.41, 5.74) is 1.23. The van der Waals surface area contributed by atoms with Gasteiger partial charge in [0.2, 0.25) is 0 Å². The molecule has 0 N–H and O–H groups in total. The maximum absolute atomic E-state index is 12.7. The Morgan fingerprint density at radius 3 is 2.48 bits per heavy atom. The number of rotatable bonds is 3. The number of carbonyl (C=O) groups is 1. The fraction of sp³-hybridized carbons (Fsp3) is 0.0556. The summed E-state index contributed by atoms with van der Waals surface area (Å²) in [6, 6.07) is 19.2. The van der Waals surface area contributed by atoms with Crippen LogP contribution in [-0.4, -0.2) is 12.9 Å². The lowest BCUT2D eigenvalue weighted by Crippen LogP contribution is -2.04. The van der Waals surface area contributed by atoms with Crippen molar-refractivity contribution < 1.29 is 9.53 Å². The molecule has 0 radical (unpaired) electrons. The van der Waals surface area contributed by atoms with Gasteiger partial charge in [0.1, 0.15) is 5.75 Å². The fourth-order valence-corrected chi connectivity index (χ4v) is 2.68. The highest BCUT2D eigenvalue weighted by atomic mass is 79.9. The van der Waals surface area contributed by atoms with Crippen LogP contribution in [0.2, 0.25) is 0 Å². The molecule has 21 heavy (non-hydrogen) atoms. The first-order chi connectivity index (χ1) is 10.2. The summed E-state index contributed by atoms with van der Waals surface area (Å²) in [5, 5.41) is 2.18. The predicted octanol–water partition coefficient (Wildman–Crippen LogP) is 4.84. The van der Waals surface area contributed by atoms with Crippen molar-refractivity contribution in [1.29, 1.82) is 0 Å². The second-order valence-electron chi connectivity index (χ2n) is 4.74. The second kappa shape index (κ2) is 5.70. The van der Waals surface area contributed by atoms with Crippen molar-refractivity contribution in [3.63, 3.8) is 0 Å². The Hall–Kier alpha value is -2.13. The highest BCUT2D eigenvalue weighted by molar-refractivity contribution is 9.10. The molecule has 0 atom stereocenters. The first-order valence-electron chi connectivity index (χ1n) is 6.56. The molecule has 0 fully saturated rings. The van der Waals surface area contributed by atoms with Gasteiger partial charge >= 0.3 is 0 Å². The van der Waals surface area contributed by atoms with Crippen LogP contribution in [-0.2, 0) is 0 Å². The molecule has 3 aromatic rings. The SMILES string of the molecule is COc1cc(Br)ccc1C(=O)c1ccc2ccccc2c1. The molecule has 0 aliphatic heterocycles. The fourth-order valence-electron chi connectivity index (χ4n) is 2.34. The van der Waals surface area contributed by atoms with E-state index >= 15 is 0 Å². The average molecular weight is 341 g/mol. The van der Waals surface area contributed by atoms with Gasteiger partial charge in [-0.1, -0.05) is 52.3 Å². The van der Waals surface area contributed by atoms with Crippen molar-refractivity contribution in [2.24, 2.45) is 0 Å². The van der Waals surface area contributed by atoms with Gasteiger partial charge in [-0.2, -0.15) is 0 Å². The summed E-state index contributed by atoms with van der Waals surface area (Å²) < 4.78 is 6.19. The Labute approximate surface area is 131 Å². The number of halogens is 1. The summed E-state index contributed by atoms with van der Waals surface area (Å²) in [6.45, 7) is 0. The van der Waals surface area contributed by atoms with E-state index in [9.17, 15) is 4.79 Å². The van der Waals surface area contributed by atoms with Gasteiger partial charge in [-0.15, -0.1) is 0 Å². The lowest BCUT2D eigenvalue weighted by molar-refractivity contribution is 0.103. The van der Waals surface area contributed by atoms with Gasteiger partial charge in [0.15, 0.2) is 5.78 Å². The quantitative estimate of drug-likeness (QED) is 0.637. The van der Waals surface area contributed by atoms with Crippen LogP contribution in [0.5, 0.6) is 5.75 Å². The van der Waals surface area contributed by atoms with Gasteiger partial charge in [0.05, 0.1) is 12.7 Å². The predicted molar refractivity (Wildman–Crippen MR) is 88.1 cm³/mol. The lowest BCUT2D eigenvalue weighted by Gasteiger charge is -2.09. The van der Waals surface area contributed by atoms with Crippen LogP contribution >= 0.6 is 15.9 Å². The van der Waals surface area contributed by atoms with E-state index in [1.807, 2.05) is 48.5 Å². The Kier molecular flexibility index (Phi) is 3.76. The average Bonchev–Trinajstić information content (AvgIpc) is 2.53. The van der Waals surface area contributed by atoms with Crippen LogP contribution in [0.15, 0.2) is 65.1 Å². The maximum atomic E-state index is 12.7. The third-order valence-corrected chi connectivity index (χ3v) is 3.91. The minimum Gasteiger partial charge on any atom is -0.496 e. The summed E-state index contributed by atoms with van der Waals surface area (Å²) in [5.74, 6) is 0.535. The molecule has 0 aromatic heterocycles. The standard InChI is InChI=1S/C18H13BrO2/c1-21-17-11-15(19)8-9-16(17)18(20)14-7-6-12-4-2-3-5-13(12)10-14/h2-11H,1H3. The normalized spacial score (nSPS) is 10.6. The molecule has 0 aliphatic carbocycles. The van der Waals surface area contributed by atoms with Gasteiger partial charge in [-0.25, -0.2) is 0 Å². The number of carbonyl (C=O) groups excluding carboxylic acids is 1. The van der Waals surface area contributed by atoms with E-state index in [4.69, 9.17) is 4.74 Å². The molecule has 104 valence electrons. The second-order valence-corrected chi connectivity index (χ2v) is 5.65. The lowest BCUT2D eigenvalue weighted by atomic mass is 9.99. The van der Waals surface area contributed by atoms with Crippen molar-refractivity contribution in [2.75, 3.05) is 7.11 Å². The molecule has 3 heteroatoms. The summed E-state index contributed by atoms with van der Waals surface area (Å²) in [7, 11) is 1.57. The number of hydrogen-bond acceptors (Lipinski definition) is 2. The largest absolute Gasteiger partial charge is 0.496 e. The highest BCUT2D eigenvalue weighted by Gasteiger charge is 2.15. The van der Waals surface area contributed by atoms with Crippen LogP contribution in [0, 0.1) is 0 Å². The van der Waals surface area contributed by atoms with Crippen molar-refractivity contribution in [2.45, 2.75) is 0 Å². The number of hydrogen-bond donors (Lipinski definition) is 0. The minimum atomic E-state index is -0.0369. The van der Waals surface area contributed by atoms with Crippen molar-refractivity contribution in [3.8, 4) is 5.75 Å². The Morgan fingerprint density at radius 2 is 1.71 bits per heavy atom. The van der Waals surface area contributed by atoms with E-state index in [0.717, 1.165) is 15.2 Å². The van der Waals surface area contributed by atoms with E-state index in [0.29, 0.717) is 16.9 Å². The zero-order chi connectivity index (χ0) is 14.8. The molecule has 3 rings (SSSR count). The molecular weight excluding hydrogens is 328 g/mol. The van der Waals surface area contributed by atoms with Gasteiger partial charge < -0.3 is 4.74 Å². The van der Waals surface area contributed by atoms with Gasteiger partial charge in [-0.05, 0) is 35.0 Å². The summed E-state index contributed by atoms with van der Waals surface area (Å²) in [4.78, 5) is 12.7. The number of ether oxygens (including phenoxy) is 1. The Balaban J connectivity index is 2.08. The summed E-state index contributed by atoms with van der Waals surface area (Å²) in [6.07, 6.45) is 0. The third-order valence-electron chi connectivity index (χ3n) is 3.42. The first-order valence-corrected chi connectivity index (χ1v) is 7.35. The molecule has 2 nitrogen and oxygen atoms in total. The molecule has 0 heterocycles. The minimum absolute atomic E-state index is 0.0369. The number of fused-ring (bicyclic) bond motifs is 1. The van der Waals surface area contributed by atoms with Gasteiger partial charge in [-0.3, -0.25) is 4.79 Å². The van der Waals surface area contributed by atoms with E-state index < -0.39 is 0 Å². The van der Waals surface area contributed by atoms with Crippen molar-refractivity contribution >= 4 is 32.5 Å². The zero-order valence-corrected chi connectivity index (χ0v) is 13.1. The van der Waals surface area contributed by atoms with Crippen LogP contribution < -0.4 is 4.74 Å². The maximum Gasteiger partial charge on any atom is 0.196 e. The Bertz CT molecular complexity index is 824. The number of ketones is 1. The number of benzene rings is 3. The first kappa shape index (κ1) is 13.8. The zero-order valence-electron chi connectivity index (χ0n) is 11.5. The molecule has 3 aromatic carbocycles. The Morgan fingerprint density at radius 1 is 0.952 bits per heavy atom. The smallest absolute Gasteiger partial charge is 0.196 e. The van der Waals surface area contributed by atoms with Crippen LogP contribution in [0.25, 0.3) is 10.8 Å². The van der Waals surface area contributed by atoms with Crippen LogP contribution in [0.3, 0.4) is 0 Å². The molecule has 0 saturated heterocycles. The van der Waals surface area contributed by atoms with E-state index in [1.165, 1.54) is 0 Å². The monoisotopic (exact) mass is 340 g/mol. The summed E-state index contributed by atoms with van der Waals surface area (Å²) >= 11 is 3.38. The molecule has 0 saturated carbocycles. The molecular formula is C18H13BrO2. The third kappa shape index (κ3) is 2.69. The van der Waals surface area contributed by atoms with Crippen molar-refractivity contribution in [3.05, 3.63) is 76.3 Å². The van der Waals surface area contributed by atoms with Gasteiger partial charge in [0.25, 0.3) is 0 Å². The molecule has 0 unspecified atom stereocenters. The number of methoxy groups -OCH3 is 1. The molecule has 0 spiro atoms. The van der Waals surface area contributed by atoms with Gasteiger partial charge in [0, 0.05) is 10.0 Å². The highest BCUT2D eigenvalue weighted by Crippen LogP contribution is 2.26. The van der Waals surface area contributed by atoms with E-state index in [-0.39, 0.29) is 5.78 Å². The van der Waals surface area contributed by atoms with E-state index in [2.05, 4.69) is 15.9 Å². The molecule has 0 bridgehead atoms. The van der Waals surface area contributed by atoms with Crippen molar-refractivity contribution in [1.82, 2.24) is 0 Å². The topological polar surface area (TPSA) is 26.3 Å². The van der Waals surface area contributed by atoms with Crippen LogP contribution in [0.4, 0.5) is 0 Å².